The monoisotopic (exact) mass is 509 g/mol. The van der Waals surface area contributed by atoms with Crippen LogP contribution in [-0.2, 0) is 17.6 Å². The van der Waals surface area contributed by atoms with Crippen molar-refractivity contribution in [3.8, 4) is 5.75 Å². The molecule has 0 aromatic heterocycles. The molecule has 36 heavy (non-hydrogen) atoms. The highest BCUT2D eigenvalue weighted by atomic mass is 19.4. The van der Waals surface area contributed by atoms with Gasteiger partial charge >= 0.3 is 12.1 Å². The van der Waals surface area contributed by atoms with E-state index < -0.39 is 42.0 Å². The third-order valence-corrected chi connectivity index (χ3v) is 5.92. The molecule has 10 heteroatoms. The lowest BCUT2D eigenvalue weighted by Gasteiger charge is -2.21. The van der Waals surface area contributed by atoms with E-state index in [4.69, 9.17) is 4.74 Å². The van der Waals surface area contributed by atoms with Gasteiger partial charge in [-0.15, -0.1) is 0 Å². The normalized spacial score (nSPS) is 13.4. The third-order valence-electron chi connectivity index (χ3n) is 5.92. The number of benzene rings is 3. The van der Waals surface area contributed by atoms with E-state index in [1.165, 1.54) is 42.5 Å². The van der Waals surface area contributed by atoms with Crippen LogP contribution in [0.5, 0.6) is 5.75 Å². The SMILES string of the molecule is CCC(C)[C@H](NC(=O)c1ccc2ccc(C(F)F)cc2c1OCc1ccc(C(F)(F)F)cc1)C(=O)O. The van der Waals surface area contributed by atoms with Crippen LogP contribution in [0.25, 0.3) is 10.8 Å². The number of carbonyl (C=O) groups excluding carboxylic acids is 1. The second-order valence-electron chi connectivity index (χ2n) is 8.38. The zero-order valence-corrected chi connectivity index (χ0v) is 19.4. The van der Waals surface area contributed by atoms with Gasteiger partial charge in [-0.05, 0) is 41.1 Å². The first kappa shape index (κ1) is 26.9. The zero-order chi connectivity index (χ0) is 26.6. The van der Waals surface area contributed by atoms with Crippen LogP contribution in [0, 0.1) is 5.92 Å². The Bertz CT molecular complexity index is 1240. The Kier molecular flexibility index (Phi) is 8.17. The molecule has 0 fully saturated rings. The fourth-order valence-corrected chi connectivity index (χ4v) is 3.63. The highest BCUT2D eigenvalue weighted by molar-refractivity contribution is 6.05. The van der Waals surface area contributed by atoms with Crippen LogP contribution in [0.1, 0.15) is 53.7 Å². The second kappa shape index (κ2) is 10.9. The molecule has 0 bridgehead atoms. The van der Waals surface area contributed by atoms with Crippen LogP contribution in [-0.4, -0.2) is 23.0 Å². The first-order valence-corrected chi connectivity index (χ1v) is 11.1. The molecule has 0 aliphatic carbocycles. The maximum absolute atomic E-state index is 13.4. The van der Waals surface area contributed by atoms with Gasteiger partial charge in [-0.1, -0.05) is 50.6 Å². The molecule has 0 spiro atoms. The van der Waals surface area contributed by atoms with Gasteiger partial charge in [-0.2, -0.15) is 13.2 Å². The molecule has 1 amide bonds. The van der Waals surface area contributed by atoms with Gasteiger partial charge in [0.05, 0.1) is 11.1 Å². The van der Waals surface area contributed by atoms with E-state index >= 15 is 0 Å². The number of rotatable bonds is 9. The maximum Gasteiger partial charge on any atom is 0.416 e. The molecule has 2 N–H and O–H groups in total. The molecule has 0 aliphatic rings. The maximum atomic E-state index is 13.4. The van der Waals surface area contributed by atoms with Crippen LogP contribution in [0.2, 0.25) is 0 Å². The molecule has 0 aliphatic heterocycles. The van der Waals surface area contributed by atoms with Gasteiger partial charge in [0, 0.05) is 10.9 Å². The summed E-state index contributed by atoms with van der Waals surface area (Å²) in [7, 11) is 0. The van der Waals surface area contributed by atoms with Crippen LogP contribution in [0.4, 0.5) is 22.0 Å². The number of halogens is 5. The summed E-state index contributed by atoms with van der Waals surface area (Å²) >= 11 is 0. The predicted octanol–water partition coefficient (Wildman–Crippen LogP) is 6.60. The Labute approximate surface area is 203 Å². The Morgan fingerprint density at radius 2 is 1.67 bits per heavy atom. The smallest absolute Gasteiger partial charge is 0.416 e. The largest absolute Gasteiger partial charge is 0.487 e. The van der Waals surface area contributed by atoms with Crippen molar-refractivity contribution in [1.82, 2.24) is 5.32 Å². The van der Waals surface area contributed by atoms with Crippen molar-refractivity contribution >= 4 is 22.6 Å². The number of carboxylic acid groups (broad SMARTS) is 1. The first-order valence-electron chi connectivity index (χ1n) is 11.1. The fourth-order valence-electron chi connectivity index (χ4n) is 3.63. The van der Waals surface area contributed by atoms with E-state index in [0.717, 1.165) is 12.1 Å². The average Bonchev–Trinajstić information content (AvgIpc) is 2.84. The molecule has 0 radical (unpaired) electrons. The van der Waals surface area contributed by atoms with Gasteiger partial charge in [-0.3, -0.25) is 4.79 Å². The molecule has 0 saturated carbocycles. The van der Waals surface area contributed by atoms with E-state index in [1.54, 1.807) is 13.8 Å². The number of carbonyl (C=O) groups is 2. The van der Waals surface area contributed by atoms with Crippen molar-refractivity contribution in [3.05, 3.63) is 76.9 Å². The first-order chi connectivity index (χ1) is 16.9. The van der Waals surface area contributed by atoms with Gasteiger partial charge in [-0.25, -0.2) is 13.6 Å². The standard InChI is InChI=1S/C26H24F5NO4/c1-3-14(2)21(25(34)35)32-24(33)19-11-8-16-6-7-17(23(27)28)12-20(16)22(19)36-13-15-4-9-18(10-5-15)26(29,30)31/h4-12,14,21,23H,3,13H2,1-2H3,(H,32,33)(H,34,35)/t14?,21-/m0/s1. The molecule has 0 heterocycles. The molecule has 3 rings (SSSR count). The third kappa shape index (κ3) is 6.10. The van der Waals surface area contributed by atoms with E-state index in [9.17, 15) is 36.6 Å². The van der Waals surface area contributed by atoms with Gasteiger partial charge in [0.2, 0.25) is 0 Å². The number of amides is 1. The van der Waals surface area contributed by atoms with Gasteiger partial charge < -0.3 is 15.2 Å². The molecule has 1 unspecified atom stereocenters. The number of carboxylic acids is 1. The summed E-state index contributed by atoms with van der Waals surface area (Å²) in [5.41, 5.74) is -0.903. The number of ether oxygens (including phenoxy) is 1. The minimum absolute atomic E-state index is 0.0827. The van der Waals surface area contributed by atoms with Crippen molar-refractivity contribution < 1.29 is 41.4 Å². The van der Waals surface area contributed by atoms with Crippen LogP contribution in [0.15, 0.2) is 54.6 Å². The second-order valence-corrected chi connectivity index (χ2v) is 8.38. The lowest BCUT2D eigenvalue weighted by molar-refractivity contribution is -0.140. The van der Waals surface area contributed by atoms with Crippen molar-refractivity contribution in [2.45, 2.75) is 45.5 Å². The highest BCUT2D eigenvalue weighted by Gasteiger charge is 2.30. The van der Waals surface area contributed by atoms with E-state index in [2.05, 4.69) is 5.32 Å². The fraction of sp³-hybridized carbons (Fsp3) is 0.308. The Balaban J connectivity index is 2.02. The zero-order valence-electron chi connectivity index (χ0n) is 19.4. The van der Waals surface area contributed by atoms with Gasteiger partial charge in [0.25, 0.3) is 12.3 Å². The number of alkyl halides is 5. The summed E-state index contributed by atoms with van der Waals surface area (Å²) in [6.45, 7) is 3.17. The summed E-state index contributed by atoms with van der Waals surface area (Å²) in [6.07, 6.45) is -6.83. The van der Waals surface area contributed by atoms with Gasteiger partial charge in [0.1, 0.15) is 18.4 Å². The Morgan fingerprint density at radius 1 is 1.03 bits per heavy atom. The minimum Gasteiger partial charge on any atom is -0.487 e. The van der Waals surface area contributed by atoms with Gasteiger partial charge in [0.15, 0.2) is 0 Å². The number of fused-ring (bicyclic) bond motifs is 1. The lowest BCUT2D eigenvalue weighted by atomic mass is 9.98. The summed E-state index contributed by atoms with van der Waals surface area (Å²) in [6, 6.07) is 9.72. The van der Waals surface area contributed by atoms with Crippen molar-refractivity contribution in [1.29, 1.82) is 0 Å². The topological polar surface area (TPSA) is 75.6 Å². The van der Waals surface area contributed by atoms with Crippen molar-refractivity contribution in [2.75, 3.05) is 0 Å². The summed E-state index contributed by atoms with van der Waals surface area (Å²) in [5, 5.41) is 12.7. The lowest BCUT2D eigenvalue weighted by Crippen LogP contribution is -2.45. The quantitative estimate of drug-likeness (QED) is 0.319. The predicted molar refractivity (Wildman–Crippen MR) is 123 cm³/mol. The number of hydrogen-bond acceptors (Lipinski definition) is 3. The summed E-state index contributed by atoms with van der Waals surface area (Å²) in [5.74, 6) is -2.49. The Morgan fingerprint density at radius 3 is 2.22 bits per heavy atom. The summed E-state index contributed by atoms with van der Waals surface area (Å²) < 4.78 is 71.1. The average molecular weight is 509 g/mol. The van der Waals surface area contributed by atoms with Crippen LogP contribution >= 0.6 is 0 Å². The molecule has 0 saturated heterocycles. The van der Waals surface area contributed by atoms with Crippen molar-refractivity contribution in [3.63, 3.8) is 0 Å². The summed E-state index contributed by atoms with van der Waals surface area (Å²) in [4.78, 5) is 24.8. The Hall–Kier alpha value is -3.69. The molecular weight excluding hydrogens is 485 g/mol. The molecule has 2 atom stereocenters. The number of aliphatic carboxylic acids is 1. The minimum atomic E-state index is -4.51. The number of nitrogens with one attached hydrogen (secondary N) is 1. The van der Waals surface area contributed by atoms with E-state index in [-0.39, 0.29) is 28.9 Å². The van der Waals surface area contributed by atoms with E-state index in [0.29, 0.717) is 17.4 Å². The molecule has 3 aromatic carbocycles. The molecule has 3 aromatic rings. The molecule has 5 nitrogen and oxygen atoms in total. The highest BCUT2D eigenvalue weighted by Crippen LogP contribution is 2.34. The number of hydrogen-bond donors (Lipinski definition) is 2. The molecular formula is C26H24F5NO4. The molecule has 192 valence electrons. The van der Waals surface area contributed by atoms with E-state index in [1.807, 2.05) is 0 Å². The van der Waals surface area contributed by atoms with Crippen LogP contribution < -0.4 is 10.1 Å². The van der Waals surface area contributed by atoms with Crippen LogP contribution in [0.3, 0.4) is 0 Å². The van der Waals surface area contributed by atoms with Crippen molar-refractivity contribution in [2.24, 2.45) is 5.92 Å².